The van der Waals surface area contributed by atoms with E-state index in [9.17, 15) is 5.11 Å². The maximum Gasteiger partial charge on any atom is 0.222 e. The van der Waals surface area contributed by atoms with Crippen molar-refractivity contribution in [3.05, 3.63) is 108 Å². The molecule has 0 aliphatic heterocycles. The number of nitrogens with zero attached hydrogens (tertiary/aromatic N) is 4. The fourth-order valence-corrected chi connectivity index (χ4v) is 5.12. The summed E-state index contributed by atoms with van der Waals surface area (Å²) in [5.41, 5.74) is 4.84. The van der Waals surface area contributed by atoms with Crippen LogP contribution in [-0.4, -0.2) is 30.7 Å². The van der Waals surface area contributed by atoms with E-state index in [4.69, 9.17) is 9.72 Å². The van der Waals surface area contributed by atoms with Gasteiger partial charge in [0.1, 0.15) is 0 Å². The van der Waals surface area contributed by atoms with Crippen LogP contribution >= 0.6 is 0 Å². The van der Waals surface area contributed by atoms with Crippen molar-refractivity contribution in [3.63, 3.8) is 0 Å². The largest absolute Gasteiger partial charge is 0.474 e. The van der Waals surface area contributed by atoms with E-state index in [2.05, 4.69) is 35.1 Å². The Kier molecular flexibility index (Phi) is 7.25. The summed E-state index contributed by atoms with van der Waals surface area (Å²) in [6.45, 7) is 6.25. The number of unbranched alkanes of at least 4 members (excludes halogenated alkanes) is 1. The molecule has 5 rings (SSSR count). The minimum atomic E-state index is -1.43. The lowest BCUT2D eigenvalue weighted by atomic mass is 9.82. The molecule has 0 bridgehead atoms. The molecule has 6 heteroatoms. The van der Waals surface area contributed by atoms with Gasteiger partial charge in [-0.2, -0.15) is 0 Å². The van der Waals surface area contributed by atoms with Gasteiger partial charge >= 0.3 is 0 Å². The summed E-state index contributed by atoms with van der Waals surface area (Å²) in [5.74, 6) is 0.647. The number of ether oxygens (including phenoxy) is 1. The molecule has 1 N–H and O–H groups in total. The summed E-state index contributed by atoms with van der Waals surface area (Å²) >= 11 is 0. The number of imidazole rings is 1. The van der Waals surface area contributed by atoms with Gasteiger partial charge in [-0.1, -0.05) is 49.7 Å². The van der Waals surface area contributed by atoms with Crippen molar-refractivity contribution in [2.24, 2.45) is 7.05 Å². The van der Waals surface area contributed by atoms with Crippen molar-refractivity contribution < 1.29 is 9.84 Å². The third-order valence-electron chi connectivity index (χ3n) is 6.95. The molecule has 6 nitrogen and oxygen atoms in total. The first-order chi connectivity index (χ1) is 18.4. The maximum absolute atomic E-state index is 12.4. The minimum Gasteiger partial charge on any atom is -0.474 e. The van der Waals surface area contributed by atoms with Crippen LogP contribution in [-0.2, 0) is 19.1 Å². The zero-order valence-electron chi connectivity index (χ0n) is 22.4. The SMILES string of the molecule is CCCCc1c(-c2ccccc2)c(OC(C)C)nc2ccc(C(O)(c3ccncc3)c3cncn3C)cc12. The molecule has 3 aromatic heterocycles. The van der Waals surface area contributed by atoms with Crippen molar-refractivity contribution in [1.82, 2.24) is 19.5 Å². The lowest BCUT2D eigenvalue weighted by Crippen LogP contribution is -2.31. The van der Waals surface area contributed by atoms with Crippen LogP contribution in [0.15, 0.2) is 85.6 Å². The van der Waals surface area contributed by atoms with E-state index < -0.39 is 5.60 Å². The predicted octanol–water partition coefficient (Wildman–Crippen LogP) is 6.44. The Morgan fingerprint density at radius 3 is 2.39 bits per heavy atom. The number of aryl methyl sites for hydroxylation is 2. The number of hydrogen-bond acceptors (Lipinski definition) is 5. The first-order valence-corrected chi connectivity index (χ1v) is 13.2. The van der Waals surface area contributed by atoms with Gasteiger partial charge in [0.25, 0.3) is 0 Å². The predicted molar refractivity (Wildman–Crippen MR) is 151 cm³/mol. The van der Waals surface area contributed by atoms with Gasteiger partial charge in [-0.15, -0.1) is 0 Å². The van der Waals surface area contributed by atoms with Gasteiger partial charge in [0.15, 0.2) is 5.60 Å². The monoisotopic (exact) mass is 506 g/mol. The van der Waals surface area contributed by atoms with Crippen molar-refractivity contribution in [2.45, 2.75) is 51.7 Å². The molecule has 0 saturated carbocycles. The first kappa shape index (κ1) is 25.6. The van der Waals surface area contributed by atoms with Gasteiger partial charge in [0.05, 0.1) is 29.8 Å². The fraction of sp³-hybridized carbons (Fsp3) is 0.281. The number of fused-ring (bicyclic) bond motifs is 1. The average molecular weight is 507 g/mol. The van der Waals surface area contributed by atoms with Gasteiger partial charge in [-0.3, -0.25) is 4.98 Å². The van der Waals surface area contributed by atoms with Crippen molar-refractivity contribution in [1.29, 1.82) is 0 Å². The summed E-state index contributed by atoms with van der Waals surface area (Å²) in [5, 5.41) is 13.5. The molecule has 0 aliphatic carbocycles. The van der Waals surface area contributed by atoms with Crippen LogP contribution in [0.25, 0.3) is 22.0 Å². The zero-order chi connectivity index (χ0) is 26.7. The molecule has 0 radical (unpaired) electrons. The Bertz CT molecular complexity index is 1530. The second-order valence-corrected chi connectivity index (χ2v) is 9.97. The molecule has 5 aromatic rings. The zero-order valence-corrected chi connectivity index (χ0v) is 22.4. The third-order valence-corrected chi connectivity index (χ3v) is 6.95. The van der Waals surface area contributed by atoms with E-state index in [0.717, 1.165) is 52.4 Å². The second kappa shape index (κ2) is 10.8. The molecule has 0 aliphatic rings. The van der Waals surface area contributed by atoms with Crippen LogP contribution in [0.2, 0.25) is 0 Å². The summed E-state index contributed by atoms with van der Waals surface area (Å²) in [6, 6.07) is 20.1. The van der Waals surface area contributed by atoms with Crippen molar-refractivity contribution in [2.75, 3.05) is 0 Å². The molecule has 0 fully saturated rings. The lowest BCUT2D eigenvalue weighted by molar-refractivity contribution is 0.117. The molecule has 1 unspecified atom stereocenters. The number of aromatic nitrogens is 4. The molecule has 3 heterocycles. The van der Waals surface area contributed by atoms with Gasteiger partial charge in [-0.25, -0.2) is 9.97 Å². The Morgan fingerprint density at radius 2 is 1.74 bits per heavy atom. The maximum atomic E-state index is 12.4. The van der Waals surface area contributed by atoms with Gasteiger partial charge in [-0.05, 0) is 73.2 Å². The smallest absolute Gasteiger partial charge is 0.222 e. The van der Waals surface area contributed by atoms with Crippen LogP contribution in [0.4, 0.5) is 0 Å². The number of rotatable bonds is 9. The van der Waals surface area contributed by atoms with E-state index in [1.807, 2.05) is 67.9 Å². The quantitative estimate of drug-likeness (QED) is 0.249. The van der Waals surface area contributed by atoms with E-state index >= 15 is 0 Å². The van der Waals surface area contributed by atoms with Gasteiger partial charge in [0.2, 0.25) is 5.88 Å². The van der Waals surface area contributed by atoms with Gasteiger partial charge < -0.3 is 14.4 Å². The highest BCUT2D eigenvalue weighted by atomic mass is 16.5. The average Bonchev–Trinajstić information content (AvgIpc) is 3.37. The van der Waals surface area contributed by atoms with Crippen molar-refractivity contribution in [3.8, 4) is 17.0 Å². The summed E-state index contributed by atoms with van der Waals surface area (Å²) in [4.78, 5) is 13.5. The Labute approximate surface area is 224 Å². The molecular formula is C32H34N4O2. The molecule has 38 heavy (non-hydrogen) atoms. The van der Waals surface area contributed by atoms with Crippen LogP contribution in [0.1, 0.15) is 56.0 Å². The molecular weight excluding hydrogens is 472 g/mol. The summed E-state index contributed by atoms with van der Waals surface area (Å²) < 4.78 is 8.15. The second-order valence-electron chi connectivity index (χ2n) is 9.97. The van der Waals surface area contributed by atoms with Crippen LogP contribution in [0.5, 0.6) is 5.88 Å². The third kappa shape index (κ3) is 4.68. The molecule has 194 valence electrons. The topological polar surface area (TPSA) is 73.1 Å². The van der Waals surface area contributed by atoms with Crippen LogP contribution < -0.4 is 4.74 Å². The summed E-state index contributed by atoms with van der Waals surface area (Å²) in [6.07, 6.45) is 9.79. The number of aliphatic hydroxyl groups is 1. The highest BCUT2D eigenvalue weighted by Crippen LogP contribution is 2.42. The molecule has 2 aromatic carbocycles. The molecule has 0 spiro atoms. The van der Waals surface area contributed by atoms with Crippen LogP contribution in [0, 0.1) is 0 Å². The Balaban J connectivity index is 1.82. The lowest BCUT2D eigenvalue weighted by Gasteiger charge is -2.30. The number of pyridine rings is 2. The first-order valence-electron chi connectivity index (χ1n) is 13.2. The van der Waals surface area contributed by atoms with Crippen molar-refractivity contribution >= 4 is 10.9 Å². The molecule has 0 saturated heterocycles. The molecule has 0 amide bonds. The highest BCUT2D eigenvalue weighted by Gasteiger charge is 2.37. The fourth-order valence-electron chi connectivity index (χ4n) is 5.12. The van der Waals surface area contributed by atoms with Crippen LogP contribution in [0.3, 0.4) is 0 Å². The van der Waals surface area contributed by atoms with E-state index in [0.29, 0.717) is 11.6 Å². The molecule has 1 atom stereocenters. The number of benzene rings is 2. The standard InChI is InChI=1S/C32H34N4O2/c1-5-6-12-26-27-19-25(32(37,24-15-17-33-18-16-24)29-20-34-21-36(29)4)13-14-28(27)35-31(38-22(2)3)30(26)23-10-8-7-9-11-23/h7-11,13-22,37H,5-6,12H2,1-4H3. The Hall–Kier alpha value is -4.03. The van der Waals surface area contributed by atoms with E-state index in [-0.39, 0.29) is 6.10 Å². The minimum absolute atomic E-state index is 0.0117. The number of hydrogen-bond donors (Lipinski definition) is 1. The Morgan fingerprint density at radius 1 is 0.974 bits per heavy atom. The summed E-state index contributed by atoms with van der Waals surface area (Å²) in [7, 11) is 1.90. The van der Waals surface area contributed by atoms with E-state index in [1.54, 1.807) is 24.9 Å². The van der Waals surface area contributed by atoms with E-state index in [1.165, 1.54) is 5.56 Å². The van der Waals surface area contributed by atoms with Gasteiger partial charge in [0, 0.05) is 30.4 Å². The highest BCUT2D eigenvalue weighted by molar-refractivity contribution is 5.92. The normalized spacial score (nSPS) is 13.1.